The Hall–Kier alpha value is -1.97. The van der Waals surface area contributed by atoms with E-state index >= 15 is 0 Å². The summed E-state index contributed by atoms with van der Waals surface area (Å²) >= 11 is 0. The highest BCUT2D eigenvalue weighted by Gasteiger charge is 2.33. The zero-order valence-corrected chi connectivity index (χ0v) is 9.99. The first-order chi connectivity index (χ1) is 8.24. The van der Waals surface area contributed by atoms with Crippen LogP contribution in [0.1, 0.15) is 19.4 Å². The van der Waals surface area contributed by atoms with Gasteiger partial charge in [-0.3, -0.25) is 0 Å². The lowest BCUT2D eigenvalue weighted by Crippen LogP contribution is -2.40. The van der Waals surface area contributed by atoms with E-state index in [4.69, 9.17) is 11.0 Å². The minimum absolute atomic E-state index is 0.000903. The van der Waals surface area contributed by atoms with E-state index < -0.39 is 18.8 Å². The number of hydrogen-bond donors (Lipinski definition) is 1. The second-order valence-corrected chi connectivity index (χ2v) is 4.09. The third-order valence-electron chi connectivity index (χ3n) is 2.25. The molecule has 0 aromatic carbocycles. The van der Waals surface area contributed by atoms with Crippen LogP contribution in [0, 0.1) is 11.3 Å². The quantitative estimate of drug-likeness (QED) is 0.903. The topological polar surface area (TPSA) is 65.9 Å². The summed E-state index contributed by atoms with van der Waals surface area (Å²) in [6, 6.07) is 2.68. The second-order valence-electron chi connectivity index (χ2n) is 4.09. The average molecular weight is 258 g/mol. The van der Waals surface area contributed by atoms with Gasteiger partial charge in [0.25, 0.3) is 0 Å². The van der Waals surface area contributed by atoms with Gasteiger partial charge < -0.3 is 10.6 Å². The van der Waals surface area contributed by atoms with Crippen molar-refractivity contribution in [3.05, 3.63) is 17.8 Å². The molecule has 2 N–H and O–H groups in total. The average Bonchev–Trinajstić information content (AvgIpc) is 2.24. The molecule has 0 aliphatic heterocycles. The summed E-state index contributed by atoms with van der Waals surface area (Å²) in [6.45, 7) is 2.05. The Bertz CT molecular complexity index is 462. The van der Waals surface area contributed by atoms with Crippen LogP contribution >= 0.6 is 0 Å². The van der Waals surface area contributed by atoms with E-state index in [1.807, 2.05) is 0 Å². The van der Waals surface area contributed by atoms with Gasteiger partial charge >= 0.3 is 6.18 Å². The molecule has 18 heavy (non-hydrogen) atoms. The van der Waals surface area contributed by atoms with Crippen molar-refractivity contribution >= 4 is 11.5 Å². The van der Waals surface area contributed by atoms with E-state index in [1.54, 1.807) is 19.9 Å². The molecular weight excluding hydrogens is 245 g/mol. The predicted molar refractivity (Wildman–Crippen MR) is 61.9 cm³/mol. The zero-order valence-electron chi connectivity index (χ0n) is 9.99. The van der Waals surface area contributed by atoms with E-state index in [9.17, 15) is 13.2 Å². The molecule has 1 heterocycles. The molecule has 0 atom stereocenters. The number of alkyl halides is 3. The molecule has 0 aliphatic rings. The number of nitrogens with zero attached hydrogens (tertiary/aromatic N) is 3. The summed E-state index contributed by atoms with van der Waals surface area (Å²) in [4.78, 5) is 4.86. The van der Waals surface area contributed by atoms with Crippen molar-refractivity contribution in [1.82, 2.24) is 4.98 Å². The van der Waals surface area contributed by atoms with E-state index in [-0.39, 0.29) is 17.1 Å². The maximum Gasteiger partial charge on any atom is 0.405 e. The maximum absolute atomic E-state index is 12.5. The molecule has 4 nitrogen and oxygen atoms in total. The van der Waals surface area contributed by atoms with Crippen LogP contribution < -0.4 is 10.6 Å². The van der Waals surface area contributed by atoms with Crippen LogP contribution in [0.2, 0.25) is 0 Å². The normalized spacial score (nSPS) is 11.4. The number of nitrogen functional groups attached to an aromatic ring is 1. The van der Waals surface area contributed by atoms with Gasteiger partial charge in [0.1, 0.15) is 18.4 Å². The molecule has 98 valence electrons. The van der Waals surface area contributed by atoms with Gasteiger partial charge in [-0.15, -0.1) is 0 Å². The molecule has 0 spiro atoms. The highest BCUT2D eigenvalue weighted by Crippen LogP contribution is 2.26. The third-order valence-corrected chi connectivity index (χ3v) is 2.25. The summed E-state index contributed by atoms with van der Waals surface area (Å²) in [5, 5.41) is 8.92. The molecule has 0 aliphatic carbocycles. The first-order valence-electron chi connectivity index (χ1n) is 5.23. The minimum atomic E-state index is -4.36. The van der Waals surface area contributed by atoms with Gasteiger partial charge in [-0.2, -0.15) is 18.4 Å². The van der Waals surface area contributed by atoms with E-state index in [0.29, 0.717) is 0 Å². The molecule has 0 unspecified atom stereocenters. The smallest absolute Gasteiger partial charge is 0.397 e. The molecule has 1 rings (SSSR count). The van der Waals surface area contributed by atoms with Crippen molar-refractivity contribution in [3.8, 4) is 6.07 Å². The number of hydrogen-bond acceptors (Lipinski definition) is 4. The van der Waals surface area contributed by atoms with Gasteiger partial charge in [0.05, 0.1) is 17.4 Å². The Morgan fingerprint density at radius 3 is 2.56 bits per heavy atom. The van der Waals surface area contributed by atoms with Gasteiger partial charge in [-0.25, -0.2) is 4.98 Å². The number of rotatable bonds is 3. The molecule has 0 fully saturated rings. The van der Waals surface area contributed by atoms with Gasteiger partial charge in [0.15, 0.2) is 0 Å². The van der Waals surface area contributed by atoms with Crippen molar-refractivity contribution < 1.29 is 13.2 Å². The SMILES string of the molecule is CC(C)N(CC(F)(F)F)c1ncc(N)cc1C#N. The van der Waals surface area contributed by atoms with Crippen molar-refractivity contribution in [2.24, 2.45) is 0 Å². The molecule has 1 aromatic rings. The first-order valence-corrected chi connectivity index (χ1v) is 5.23. The molecule has 1 aromatic heterocycles. The number of aromatic nitrogens is 1. The number of nitriles is 1. The summed E-state index contributed by atoms with van der Waals surface area (Å²) < 4.78 is 37.5. The Morgan fingerprint density at radius 2 is 2.11 bits per heavy atom. The number of pyridine rings is 1. The van der Waals surface area contributed by atoms with Crippen LogP contribution in [0.5, 0.6) is 0 Å². The Morgan fingerprint density at radius 1 is 1.50 bits per heavy atom. The number of halogens is 3. The van der Waals surface area contributed by atoms with Gasteiger partial charge in [-0.1, -0.05) is 0 Å². The predicted octanol–water partition coefficient (Wildman–Crippen LogP) is 2.31. The Labute approximate surface area is 103 Å². The summed E-state index contributed by atoms with van der Waals surface area (Å²) in [5.41, 5.74) is 5.73. The van der Waals surface area contributed by atoms with Crippen LogP contribution in [0.25, 0.3) is 0 Å². The summed E-state index contributed by atoms with van der Waals surface area (Å²) in [6.07, 6.45) is -3.12. The Kier molecular flexibility index (Phi) is 4.01. The van der Waals surface area contributed by atoms with Gasteiger partial charge in [-0.05, 0) is 19.9 Å². The van der Waals surface area contributed by atoms with Gasteiger partial charge in [0.2, 0.25) is 0 Å². The minimum Gasteiger partial charge on any atom is -0.397 e. The van der Waals surface area contributed by atoms with Gasteiger partial charge in [0, 0.05) is 6.04 Å². The van der Waals surface area contributed by atoms with Crippen LogP contribution in [-0.2, 0) is 0 Å². The zero-order chi connectivity index (χ0) is 13.9. The van der Waals surface area contributed by atoms with E-state index in [2.05, 4.69) is 4.98 Å². The highest BCUT2D eigenvalue weighted by atomic mass is 19.4. The number of anilines is 2. The number of nitrogens with two attached hydrogens (primary N) is 1. The standard InChI is InChI=1S/C11H13F3N4/c1-7(2)18(6-11(12,13)14)10-8(4-15)3-9(16)5-17-10/h3,5,7H,6,16H2,1-2H3. The van der Waals surface area contributed by atoms with Crippen molar-refractivity contribution in [1.29, 1.82) is 5.26 Å². The monoisotopic (exact) mass is 258 g/mol. The Balaban J connectivity index is 3.19. The van der Waals surface area contributed by atoms with E-state index in [1.165, 1.54) is 12.3 Å². The fourth-order valence-electron chi connectivity index (χ4n) is 1.48. The second kappa shape index (κ2) is 5.12. The van der Waals surface area contributed by atoms with Crippen molar-refractivity contribution in [3.63, 3.8) is 0 Å². The lowest BCUT2D eigenvalue weighted by atomic mass is 10.2. The van der Waals surface area contributed by atoms with Crippen LogP contribution in [0.15, 0.2) is 12.3 Å². The summed E-state index contributed by atoms with van der Waals surface area (Å²) in [5.74, 6) is -0.000903. The molecule has 0 saturated heterocycles. The lowest BCUT2D eigenvalue weighted by molar-refractivity contribution is -0.120. The van der Waals surface area contributed by atoms with E-state index in [0.717, 1.165) is 4.90 Å². The largest absolute Gasteiger partial charge is 0.405 e. The molecule has 7 heteroatoms. The third kappa shape index (κ3) is 3.52. The van der Waals surface area contributed by atoms with Crippen LogP contribution in [-0.4, -0.2) is 23.7 Å². The maximum atomic E-state index is 12.5. The molecule has 0 saturated carbocycles. The summed E-state index contributed by atoms with van der Waals surface area (Å²) in [7, 11) is 0. The highest BCUT2D eigenvalue weighted by molar-refractivity contribution is 5.59. The molecule has 0 radical (unpaired) electrons. The molecule has 0 bridgehead atoms. The first kappa shape index (κ1) is 14.1. The molecular formula is C11H13F3N4. The van der Waals surface area contributed by atoms with Crippen molar-refractivity contribution in [2.75, 3.05) is 17.2 Å². The molecule has 0 amide bonds. The lowest BCUT2D eigenvalue weighted by Gasteiger charge is -2.29. The fourth-order valence-corrected chi connectivity index (χ4v) is 1.48. The fraction of sp³-hybridized carbons (Fsp3) is 0.455. The van der Waals surface area contributed by atoms with Crippen molar-refractivity contribution in [2.45, 2.75) is 26.1 Å². The van der Waals surface area contributed by atoms with Crippen LogP contribution in [0.4, 0.5) is 24.7 Å². The van der Waals surface area contributed by atoms with Crippen LogP contribution in [0.3, 0.4) is 0 Å².